The topological polar surface area (TPSA) is 59.4 Å². The first kappa shape index (κ1) is 29.8. The molecule has 2 aromatic carbocycles. The maximum absolute atomic E-state index is 12.1. The summed E-state index contributed by atoms with van der Waals surface area (Å²) in [5.74, 6) is 0.798. The van der Waals surface area contributed by atoms with E-state index >= 15 is 0 Å². The number of pyridine rings is 1. The Hall–Kier alpha value is -2.64. The van der Waals surface area contributed by atoms with Crippen LogP contribution in [-0.2, 0) is 21.6 Å². The normalized spacial score (nSPS) is 15.3. The molecule has 5 rings (SSSR count). The van der Waals surface area contributed by atoms with Crippen molar-refractivity contribution in [1.82, 2.24) is 4.98 Å². The van der Waals surface area contributed by atoms with Crippen molar-refractivity contribution in [3.05, 3.63) is 99.0 Å². The lowest BCUT2D eigenvalue weighted by molar-refractivity contribution is -0.141. The number of ether oxygens (including phenoxy) is 1. The molecule has 1 unspecified atom stereocenters. The minimum absolute atomic E-state index is 0.0474. The zero-order valence-electron chi connectivity index (χ0n) is 23.7. The number of carbonyl (C=O) groups excluding carboxylic acids is 1. The zero-order chi connectivity index (χ0) is 29.0. The highest BCUT2D eigenvalue weighted by Gasteiger charge is 2.45. The Kier molecular flexibility index (Phi) is 9.24. The molecule has 1 N–H and O–H groups in total. The summed E-state index contributed by atoms with van der Waals surface area (Å²) >= 11 is 9.85. The van der Waals surface area contributed by atoms with E-state index in [-0.39, 0.29) is 16.6 Å². The molecule has 0 bridgehead atoms. The number of aromatic nitrogens is 1. The van der Waals surface area contributed by atoms with E-state index in [1.165, 1.54) is 18.2 Å². The molecule has 4 nitrogen and oxygen atoms in total. The molecule has 7 heteroatoms. The Morgan fingerprint density at radius 1 is 1.17 bits per heavy atom. The number of hydrogen-bond acceptors (Lipinski definition) is 6. The molecule has 2 heterocycles. The van der Waals surface area contributed by atoms with Crippen LogP contribution in [0.3, 0.4) is 0 Å². The van der Waals surface area contributed by atoms with Gasteiger partial charge in [0, 0.05) is 16.4 Å². The lowest BCUT2D eigenvalue weighted by Crippen LogP contribution is -2.18. The molecule has 1 saturated carbocycles. The Morgan fingerprint density at radius 3 is 2.73 bits per heavy atom. The van der Waals surface area contributed by atoms with Gasteiger partial charge in [-0.1, -0.05) is 66.2 Å². The van der Waals surface area contributed by atoms with E-state index in [0.29, 0.717) is 11.4 Å². The number of hydrogen-bond donors (Lipinski definition) is 1. The smallest absolute Gasteiger partial charge is 0.306 e. The third kappa shape index (κ3) is 7.61. The number of carbonyl (C=O) groups is 1. The van der Waals surface area contributed by atoms with Crippen molar-refractivity contribution in [1.29, 1.82) is 0 Å². The fraction of sp³-hybridized carbons (Fsp3) is 0.353. The molecule has 41 heavy (non-hydrogen) atoms. The minimum Gasteiger partial charge on any atom is -0.469 e. The van der Waals surface area contributed by atoms with Crippen molar-refractivity contribution in [2.75, 3.05) is 12.9 Å². The van der Waals surface area contributed by atoms with Crippen LogP contribution in [0.15, 0.2) is 66.0 Å². The van der Waals surface area contributed by atoms with Gasteiger partial charge in [0.2, 0.25) is 0 Å². The predicted molar refractivity (Wildman–Crippen MR) is 174 cm³/mol. The standard InChI is InChI=1S/C34H36ClNO3S2/c1-33(2,38)27-10-5-4-8-24(27)12-15-29(41-22-34(17-18-34)20-31(37)39-3)25-9-6-7-23(19-25)11-13-26-14-16-30-32(36-26)28(35)21-40-30/h4-11,13-14,16,19,21,29,38H,12,15,17-18,20,22H2,1-3H3/b13-11+. The first-order valence-corrected chi connectivity index (χ1v) is 16.3. The molecule has 1 atom stereocenters. The third-order valence-corrected chi connectivity index (χ3v) is 10.8. The van der Waals surface area contributed by atoms with E-state index < -0.39 is 5.60 Å². The molecule has 0 spiro atoms. The highest BCUT2D eigenvalue weighted by atomic mass is 35.5. The SMILES string of the molecule is COC(=O)CC1(CSC(CCc2ccccc2C(C)(C)O)c2cccc(/C=C/c3ccc4scc(Cl)c4n3)c2)CC1. The van der Waals surface area contributed by atoms with Crippen LogP contribution in [0.5, 0.6) is 0 Å². The molecule has 214 valence electrons. The zero-order valence-corrected chi connectivity index (χ0v) is 26.1. The molecule has 0 amide bonds. The van der Waals surface area contributed by atoms with Gasteiger partial charge in [-0.05, 0) is 85.4 Å². The fourth-order valence-corrected chi connectivity index (χ4v) is 7.87. The van der Waals surface area contributed by atoms with E-state index in [0.717, 1.165) is 58.5 Å². The predicted octanol–water partition coefficient (Wildman–Crippen LogP) is 9.10. The van der Waals surface area contributed by atoms with Crippen LogP contribution in [0.2, 0.25) is 5.02 Å². The Bertz CT molecular complexity index is 1550. The fourth-order valence-electron chi connectivity index (χ4n) is 5.21. The van der Waals surface area contributed by atoms with Crippen molar-refractivity contribution in [2.45, 2.75) is 56.8 Å². The highest BCUT2D eigenvalue weighted by molar-refractivity contribution is 7.99. The average Bonchev–Trinajstić information content (AvgIpc) is 3.63. The van der Waals surface area contributed by atoms with Crippen molar-refractivity contribution in [2.24, 2.45) is 5.41 Å². The average molecular weight is 606 g/mol. The number of aliphatic hydroxyl groups is 1. The minimum atomic E-state index is -0.896. The maximum atomic E-state index is 12.1. The van der Waals surface area contributed by atoms with E-state index in [1.54, 1.807) is 11.3 Å². The van der Waals surface area contributed by atoms with Crippen molar-refractivity contribution in [3.63, 3.8) is 0 Å². The van der Waals surface area contributed by atoms with Crippen LogP contribution < -0.4 is 0 Å². The summed E-state index contributed by atoms with van der Waals surface area (Å²) in [6.45, 7) is 3.69. The molecule has 2 aromatic heterocycles. The monoisotopic (exact) mass is 605 g/mol. The first-order chi connectivity index (χ1) is 19.7. The number of fused-ring (bicyclic) bond motifs is 1. The second-order valence-electron chi connectivity index (χ2n) is 11.5. The Labute approximate surface area is 255 Å². The summed E-state index contributed by atoms with van der Waals surface area (Å²) in [5.41, 5.74) is 5.38. The molecule has 1 fully saturated rings. The van der Waals surface area contributed by atoms with Gasteiger partial charge in [-0.3, -0.25) is 4.79 Å². The summed E-state index contributed by atoms with van der Waals surface area (Å²) in [6.07, 6.45) is 8.53. The van der Waals surface area contributed by atoms with Crippen LogP contribution in [0, 0.1) is 5.41 Å². The maximum Gasteiger partial charge on any atom is 0.306 e. The van der Waals surface area contributed by atoms with Crippen molar-refractivity contribution in [3.8, 4) is 0 Å². The lowest BCUT2D eigenvalue weighted by Gasteiger charge is -2.24. The summed E-state index contributed by atoms with van der Waals surface area (Å²) < 4.78 is 6.07. The highest BCUT2D eigenvalue weighted by Crippen LogP contribution is 2.53. The van der Waals surface area contributed by atoms with Crippen LogP contribution in [0.25, 0.3) is 22.4 Å². The number of halogens is 1. The Morgan fingerprint density at radius 2 is 1.98 bits per heavy atom. The number of nitrogens with zero attached hydrogens (tertiary/aromatic N) is 1. The van der Waals surface area contributed by atoms with Crippen molar-refractivity contribution >= 4 is 63.0 Å². The van der Waals surface area contributed by atoms with Gasteiger partial charge in [-0.25, -0.2) is 4.98 Å². The summed E-state index contributed by atoms with van der Waals surface area (Å²) in [7, 11) is 1.47. The van der Waals surface area contributed by atoms with Crippen LogP contribution in [0.1, 0.15) is 72.7 Å². The van der Waals surface area contributed by atoms with Gasteiger partial charge < -0.3 is 9.84 Å². The molecular weight excluding hydrogens is 570 g/mol. The number of methoxy groups -OCH3 is 1. The summed E-state index contributed by atoms with van der Waals surface area (Å²) in [5, 5.41) is 13.6. The van der Waals surface area contributed by atoms with E-state index in [9.17, 15) is 9.90 Å². The molecule has 0 aliphatic heterocycles. The molecule has 0 saturated heterocycles. The molecular formula is C34H36ClNO3S2. The van der Waals surface area contributed by atoms with Gasteiger partial charge in [0.15, 0.2) is 0 Å². The molecule has 1 aliphatic rings. The quantitative estimate of drug-likeness (QED) is 0.163. The largest absolute Gasteiger partial charge is 0.469 e. The second kappa shape index (κ2) is 12.7. The van der Waals surface area contributed by atoms with E-state index in [4.69, 9.17) is 21.3 Å². The van der Waals surface area contributed by atoms with Gasteiger partial charge in [-0.2, -0.15) is 11.8 Å². The number of esters is 1. The number of thiophene rings is 1. The molecule has 4 aromatic rings. The van der Waals surface area contributed by atoms with Gasteiger partial charge in [0.1, 0.15) is 5.52 Å². The van der Waals surface area contributed by atoms with Crippen LogP contribution in [-0.4, -0.2) is 28.9 Å². The number of benzene rings is 2. The first-order valence-electron chi connectivity index (χ1n) is 14.0. The van der Waals surface area contributed by atoms with Crippen LogP contribution >= 0.6 is 34.7 Å². The number of rotatable bonds is 12. The third-order valence-electron chi connectivity index (χ3n) is 7.77. The van der Waals surface area contributed by atoms with Gasteiger partial charge in [0.05, 0.1) is 34.5 Å². The Balaban J connectivity index is 1.37. The van der Waals surface area contributed by atoms with Crippen molar-refractivity contribution < 1.29 is 14.6 Å². The summed E-state index contributed by atoms with van der Waals surface area (Å²) in [6, 6.07) is 20.9. The van der Waals surface area contributed by atoms with Gasteiger partial charge in [-0.15, -0.1) is 11.3 Å². The molecule has 0 radical (unpaired) electrons. The second-order valence-corrected chi connectivity index (χ2v) is 14.0. The number of aryl methyl sites for hydroxylation is 1. The van der Waals surface area contributed by atoms with Crippen LogP contribution in [0.4, 0.5) is 0 Å². The summed E-state index contributed by atoms with van der Waals surface area (Å²) in [4.78, 5) is 16.8. The number of thioether (sulfide) groups is 1. The van der Waals surface area contributed by atoms with E-state index in [2.05, 4.69) is 42.5 Å². The van der Waals surface area contributed by atoms with Gasteiger partial charge in [0.25, 0.3) is 0 Å². The van der Waals surface area contributed by atoms with Gasteiger partial charge >= 0.3 is 5.97 Å². The lowest BCUT2D eigenvalue weighted by atomic mass is 9.90. The molecule has 1 aliphatic carbocycles. The van der Waals surface area contributed by atoms with E-state index in [1.807, 2.05) is 61.3 Å².